The van der Waals surface area contributed by atoms with Crippen molar-refractivity contribution in [3.05, 3.63) is 65.2 Å². The van der Waals surface area contributed by atoms with Crippen molar-refractivity contribution in [2.24, 2.45) is 0 Å². The Hall–Kier alpha value is -2.85. The van der Waals surface area contributed by atoms with Crippen molar-refractivity contribution in [3.8, 4) is 17.6 Å². The van der Waals surface area contributed by atoms with Crippen molar-refractivity contribution < 1.29 is 19.4 Å². The number of methoxy groups -OCH3 is 2. The highest BCUT2D eigenvalue weighted by atomic mass is 16.5. The summed E-state index contributed by atoms with van der Waals surface area (Å²) in [5, 5.41) is 10.1. The SMILES string of the molecule is COCC(=O)N1CCCCN2[C@H](CO)[C@@H](c3ccc(C#Cc4ccc(OC)cc4)cc3)[C@@H]2C1. The van der Waals surface area contributed by atoms with Gasteiger partial charge in [0.25, 0.3) is 0 Å². The van der Waals surface area contributed by atoms with Gasteiger partial charge in [0.05, 0.1) is 13.7 Å². The average Bonchev–Trinajstić information content (AvgIpc) is 2.83. The second-order valence-corrected chi connectivity index (χ2v) is 8.66. The topological polar surface area (TPSA) is 62.2 Å². The molecule has 2 aliphatic heterocycles. The molecule has 0 aliphatic carbocycles. The van der Waals surface area contributed by atoms with Gasteiger partial charge in [0.1, 0.15) is 12.4 Å². The van der Waals surface area contributed by atoms with Crippen LogP contribution in [0.25, 0.3) is 0 Å². The van der Waals surface area contributed by atoms with Crippen LogP contribution in [0.5, 0.6) is 5.75 Å². The molecule has 0 bridgehead atoms. The van der Waals surface area contributed by atoms with Gasteiger partial charge in [-0.15, -0.1) is 0 Å². The summed E-state index contributed by atoms with van der Waals surface area (Å²) in [5.41, 5.74) is 3.07. The lowest BCUT2D eigenvalue weighted by molar-refractivity contribution is -0.140. The first-order valence-electron chi connectivity index (χ1n) is 11.5. The number of fused-ring (bicyclic) bond motifs is 1. The Bertz CT molecular complexity index is 994. The number of hydrogen-bond donors (Lipinski definition) is 1. The zero-order valence-corrected chi connectivity index (χ0v) is 19.4. The highest BCUT2D eigenvalue weighted by Gasteiger charge is 2.49. The van der Waals surface area contributed by atoms with Crippen LogP contribution in [0.2, 0.25) is 0 Å². The van der Waals surface area contributed by atoms with E-state index in [1.54, 1.807) is 14.2 Å². The molecule has 1 N–H and O–H groups in total. The fourth-order valence-corrected chi connectivity index (χ4v) is 4.99. The lowest BCUT2D eigenvalue weighted by Gasteiger charge is -2.57. The summed E-state index contributed by atoms with van der Waals surface area (Å²) in [6, 6.07) is 16.3. The first kappa shape index (κ1) is 23.3. The molecule has 3 atom stereocenters. The maximum absolute atomic E-state index is 12.5. The lowest BCUT2D eigenvalue weighted by atomic mass is 9.74. The highest BCUT2D eigenvalue weighted by Crippen LogP contribution is 2.41. The summed E-state index contributed by atoms with van der Waals surface area (Å²) in [7, 11) is 3.21. The Morgan fingerprint density at radius 3 is 2.24 bits per heavy atom. The second-order valence-electron chi connectivity index (χ2n) is 8.66. The number of ether oxygens (including phenoxy) is 2. The van der Waals surface area contributed by atoms with Gasteiger partial charge in [-0.3, -0.25) is 9.69 Å². The number of nitrogens with zero attached hydrogens (tertiary/aromatic N) is 2. The fraction of sp³-hybridized carbons (Fsp3) is 0.444. The maximum Gasteiger partial charge on any atom is 0.248 e. The predicted octanol–water partition coefficient (Wildman–Crippen LogP) is 2.49. The van der Waals surface area contributed by atoms with E-state index >= 15 is 0 Å². The zero-order chi connectivity index (χ0) is 23.2. The van der Waals surface area contributed by atoms with E-state index in [4.69, 9.17) is 9.47 Å². The number of aliphatic hydroxyl groups is 1. The third-order valence-electron chi connectivity index (χ3n) is 6.73. The molecule has 2 aliphatic rings. The molecule has 1 amide bonds. The summed E-state index contributed by atoms with van der Waals surface area (Å²) in [6.07, 6.45) is 2.00. The molecule has 2 saturated heterocycles. The summed E-state index contributed by atoms with van der Waals surface area (Å²) < 4.78 is 10.3. The quantitative estimate of drug-likeness (QED) is 0.713. The molecule has 2 aromatic carbocycles. The summed E-state index contributed by atoms with van der Waals surface area (Å²) in [5.74, 6) is 7.45. The monoisotopic (exact) mass is 448 g/mol. The molecule has 0 aromatic heterocycles. The van der Waals surface area contributed by atoms with Crippen LogP contribution >= 0.6 is 0 Å². The van der Waals surface area contributed by atoms with Crippen LogP contribution in [0, 0.1) is 11.8 Å². The number of amides is 1. The molecule has 174 valence electrons. The van der Waals surface area contributed by atoms with Crippen LogP contribution < -0.4 is 4.74 Å². The molecule has 2 aromatic rings. The molecular weight excluding hydrogens is 416 g/mol. The molecule has 6 nitrogen and oxygen atoms in total. The van der Waals surface area contributed by atoms with Crippen LogP contribution in [-0.2, 0) is 9.53 Å². The molecule has 4 rings (SSSR count). The number of carbonyl (C=O) groups is 1. The Morgan fingerprint density at radius 2 is 1.64 bits per heavy atom. The number of carbonyl (C=O) groups excluding carboxylic acids is 1. The molecule has 2 fully saturated rings. The van der Waals surface area contributed by atoms with E-state index in [9.17, 15) is 9.90 Å². The van der Waals surface area contributed by atoms with Gasteiger partial charge in [-0.05, 0) is 61.3 Å². The van der Waals surface area contributed by atoms with Crippen LogP contribution in [-0.4, -0.2) is 80.0 Å². The maximum atomic E-state index is 12.5. The number of benzene rings is 2. The van der Waals surface area contributed by atoms with Crippen molar-refractivity contribution in [1.29, 1.82) is 0 Å². The molecule has 6 heteroatoms. The third kappa shape index (κ3) is 5.22. The fourth-order valence-electron chi connectivity index (χ4n) is 4.99. The molecule has 0 radical (unpaired) electrons. The number of hydrogen-bond acceptors (Lipinski definition) is 5. The van der Waals surface area contributed by atoms with Gasteiger partial charge in [0, 0.05) is 49.3 Å². The van der Waals surface area contributed by atoms with Crippen molar-refractivity contribution in [2.45, 2.75) is 30.8 Å². The molecule has 33 heavy (non-hydrogen) atoms. The number of aliphatic hydroxyl groups excluding tert-OH is 1. The number of rotatable bonds is 5. The second kappa shape index (κ2) is 10.8. The standard InChI is InChI=1S/C27H32N2O4/c1-32-19-26(31)28-15-3-4-16-29-24(17-28)27(25(29)18-30)22-11-7-20(8-12-22)5-6-21-9-13-23(33-2)14-10-21/h7-14,24-25,27,30H,3-4,15-19H2,1-2H3/t24-,25+,27-/m0/s1. The van der Waals surface area contributed by atoms with Gasteiger partial charge in [0.15, 0.2) is 0 Å². The van der Waals surface area contributed by atoms with Gasteiger partial charge < -0.3 is 19.5 Å². The first-order chi connectivity index (χ1) is 16.1. The third-order valence-corrected chi connectivity index (χ3v) is 6.73. The van der Waals surface area contributed by atoms with E-state index in [0.29, 0.717) is 6.54 Å². The molecule has 2 heterocycles. The lowest BCUT2D eigenvalue weighted by Crippen LogP contribution is -2.68. The minimum Gasteiger partial charge on any atom is -0.497 e. The minimum absolute atomic E-state index is 0.0368. The first-order valence-corrected chi connectivity index (χ1v) is 11.5. The van der Waals surface area contributed by atoms with Crippen molar-refractivity contribution in [1.82, 2.24) is 9.80 Å². The van der Waals surface area contributed by atoms with E-state index in [-0.39, 0.29) is 37.1 Å². The Balaban J connectivity index is 1.49. The van der Waals surface area contributed by atoms with E-state index in [0.717, 1.165) is 42.8 Å². The van der Waals surface area contributed by atoms with E-state index in [1.165, 1.54) is 5.56 Å². The summed E-state index contributed by atoms with van der Waals surface area (Å²) >= 11 is 0. The van der Waals surface area contributed by atoms with Crippen LogP contribution in [0.15, 0.2) is 48.5 Å². The highest BCUT2D eigenvalue weighted by molar-refractivity contribution is 5.77. The van der Waals surface area contributed by atoms with Crippen LogP contribution in [0.3, 0.4) is 0 Å². The Labute approximate surface area is 196 Å². The predicted molar refractivity (Wildman–Crippen MR) is 127 cm³/mol. The van der Waals surface area contributed by atoms with Crippen LogP contribution in [0.1, 0.15) is 35.4 Å². The molecule has 0 unspecified atom stereocenters. The molecular formula is C27H32N2O4. The summed E-state index contributed by atoms with van der Waals surface area (Å²) in [6.45, 7) is 2.63. The van der Waals surface area contributed by atoms with E-state index in [1.807, 2.05) is 41.3 Å². The van der Waals surface area contributed by atoms with Crippen molar-refractivity contribution in [2.75, 3.05) is 47.1 Å². The van der Waals surface area contributed by atoms with Gasteiger partial charge in [-0.25, -0.2) is 0 Å². The van der Waals surface area contributed by atoms with Gasteiger partial charge in [-0.1, -0.05) is 24.0 Å². The molecule has 0 spiro atoms. The van der Waals surface area contributed by atoms with Crippen molar-refractivity contribution >= 4 is 5.91 Å². The van der Waals surface area contributed by atoms with Gasteiger partial charge in [-0.2, -0.15) is 0 Å². The smallest absolute Gasteiger partial charge is 0.248 e. The summed E-state index contributed by atoms with van der Waals surface area (Å²) in [4.78, 5) is 16.8. The van der Waals surface area contributed by atoms with E-state index in [2.05, 4.69) is 28.9 Å². The van der Waals surface area contributed by atoms with E-state index < -0.39 is 0 Å². The normalized spacial score (nSPS) is 22.8. The van der Waals surface area contributed by atoms with Gasteiger partial charge >= 0.3 is 0 Å². The zero-order valence-electron chi connectivity index (χ0n) is 19.4. The Kier molecular flexibility index (Phi) is 7.66. The van der Waals surface area contributed by atoms with Gasteiger partial charge in [0.2, 0.25) is 5.91 Å². The Morgan fingerprint density at radius 1 is 1.00 bits per heavy atom. The van der Waals surface area contributed by atoms with Crippen molar-refractivity contribution in [3.63, 3.8) is 0 Å². The minimum atomic E-state index is 0.0368. The largest absolute Gasteiger partial charge is 0.497 e. The van der Waals surface area contributed by atoms with Crippen LogP contribution in [0.4, 0.5) is 0 Å². The average molecular weight is 449 g/mol. The molecule has 0 saturated carbocycles.